The van der Waals surface area contributed by atoms with Crippen molar-refractivity contribution in [3.05, 3.63) is 29.8 Å². The smallest absolute Gasteiger partial charge is 0.406 e. The third-order valence-electron chi connectivity index (χ3n) is 2.79. The summed E-state index contributed by atoms with van der Waals surface area (Å²) in [4.78, 5) is 2.07. The fourth-order valence-electron chi connectivity index (χ4n) is 2.08. The van der Waals surface area contributed by atoms with Crippen molar-refractivity contribution in [2.45, 2.75) is 32.3 Å². The number of nitrogens with one attached hydrogen (secondary N) is 1. The molecule has 0 fully saturated rings. The molecule has 20 heavy (non-hydrogen) atoms. The van der Waals surface area contributed by atoms with Crippen LogP contribution < -0.4 is 10.1 Å². The topological polar surface area (TPSA) is 24.5 Å². The Labute approximate surface area is 117 Å². The summed E-state index contributed by atoms with van der Waals surface area (Å²) in [5.74, 6) is -0.199. The van der Waals surface area contributed by atoms with Gasteiger partial charge >= 0.3 is 6.36 Å². The maximum atomic E-state index is 12.1. The number of alkyl halides is 3. The van der Waals surface area contributed by atoms with E-state index in [4.69, 9.17) is 0 Å². The Balaban J connectivity index is 2.59. The van der Waals surface area contributed by atoms with Crippen molar-refractivity contribution in [2.24, 2.45) is 0 Å². The molecule has 2 atom stereocenters. The number of rotatable bonds is 6. The Morgan fingerprint density at radius 2 is 1.70 bits per heavy atom. The molecular formula is C14H21F3N2O. The number of benzene rings is 1. The molecule has 0 aliphatic carbocycles. The van der Waals surface area contributed by atoms with Crippen LogP contribution in [0.2, 0.25) is 0 Å². The molecule has 6 heteroatoms. The van der Waals surface area contributed by atoms with E-state index in [1.807, 2.05) is 21.0 Å². The predicted molar refractivity (Wildman–Crippen MR) is 72.7 cm³/mol. The third kappa shape index (κ3) is 6.25. The molecule has 0 spiro atoms. The zero-order valence-corrected chi connectivity index (χ0v) is 12.2. The first kappa shape index (κ1) is 16.8. The molecule has 2 unspecified atom stereocenters. The fourth-order valence-corrected chi connectivity index (χ4v) is 2.08. The molecular weight excluding hydrogens is 269 g/mol. The number of nitrogens with zero attached hydrogens (tertiary/aromatic N) is 1. The van der Waals surface area contributed by atoms with Gasteiger partial charge in [0.05, 0.1) is 0 Å². The molecule has 0 saturated carbocycles. The molecule has 1 aromatic rings. The Morgan fingerprint density at radius 1 is 1.15 bits per heavy atom. The molecule has 114 valence electrons. The lowest BCUT2D eigenvalue weighted by Crippen LogP contribution is -2.37. The first-order chi connectivity index (χ1) is 9.17. The fraction of sp³-hybridized carbons (Fsp3) is 0.571. The van der Waals surface area contributed by atoms with Crippen LogP contribution in [0, 0.1) is 0 Å². The molecule has 0 aliphatic heterocycles. The van der Waals surface area contributed by atoms with Crippen molar-refractivity contribution in [1.29, 1.82) is 0 Å². The van der Waals surface area contributed by atoms with Crippen LogP contribution in [0.25, 0.3) is 0 Å². The van der Waals surface area contributed by atoms with Gasteiger partial charge in [-0.25, -0.2) is 0 Å². The highest BCUT2D eigenvalue weighted by Crippen LogP contribution is 2.24. The van der Waals surface area contributed by atoms with Gasteiger partial charge in [0.15, 0.2) is 0 Å². The second-order valence-electron chi connectivity index (χ2n) is 5.17. The zero-order chi connectivity index (χ0) is 15.3. The third-order valence-corrected chi connectivity index (χ3v) is 2.79. The van der Waals surface area contributed by atoms with Crippen molar-refractivity contribution in [2.75, 3.05) is 20.6 Å². The molecule has 1 N–H and O–H groups in total. The normalized spacial score (nSPS) is 15.2. The van der Waals surface area contributed by atoms with E-state index in [-0.39, 0.29) is 17.8 Å². The largest absolute Gasteiger partial charge is 0.573 e. The maximum absolute atomic E-state index is 12.1. The van der Waals surface area contributed by atoms with E-state index in [0.29, 0.717) is 0 Å². The van der Waals surface area contributed by atoms with E-state index in [1.54, 1.807) is 12.1 Å². The molecule has 3 nitrogen and oxygen atoms in total. The molecule has 0 amide bonds. The van der Waals surface area contributed by atoms with E-state index >= 15 is 0 Å². The molecule has 1 rings (SSSR count). The summed E-state index contributed by atoms with van der Waals surface area (Å²) in [6.45, 7) is 4.93. The van der Waals surface area contributed by atoms with Gasteiger partial charge in [-0.2, -0.15) is 0 Å². The minimum absolute atomic E-state index is 0.0601. The van der Waals surface area contributed by atoms with E-state index < -0.39 is 6.36 Å². The SMILES string of the molecule is CC(CN(C)C)NC(C)c1ccc(OC(F)(F)F)cc1. The van der Waals surface area contributed by atoms with E-state index in [9.17, 15) is 13.2 Å². The van der Waals surface area contributed by atoms with Crippen LogP contribution in [0.1, 0.15) is 25.5 Å². The highest BCUT2D eigenvalue weighted by Gasteiger charge is 2.31. The first-order valence-corrected chi connectivity index (χ1v) is 6.44. The molecule has 0 aromatic heterocycles. The standard InChI is InChI=1S/C14H21F3N2O/c1-10(9-19(3)4)18-11(2)12-5-7-13(8-6-12)20-14(15,16)17/h5-8,10-11,18H,9H2,1-4H3. The van der Waals surface area contributed by atoms with Gasteiger partial charge < -0.3 is 15.0 Å². The Kier molecular flexibility index (Phi) is 5.83. The average molecular weight is 290 g/mol. The summed E-state index contributed by atoms with van der Waals surface area (Å²) in [5, 5.41) is 3.39. The van der Waals surface area contributed by atoms with Crippen LogP contribution in [0.5, 0.6) is 5.75 Å². The van der Waals surface area contributed by atoms with Gasteiger partial charge in [-0.3, -0.25) is 0 Å². The van der Waals surface area contributed by atoms with Gasteiger partial charge in [-0.1, -0.05) is 12.1 Å². The quantitative estimate of drug-likeness (QED) is 0.871. The van der Waals surface area contributed by atoms with E-state index in [1.165, 1.54) is 12.1 Å². The van der Waals surface area contributed by atoms with Crippen LogP contribution in [0.4, 0.5) is 13.2 Å². The first-order valence-electron chi connectivity index (χ1n) is 6.44. The summed E-state index contributed by atoms with van der Waals surface area (Å²) in [7, 11) is 3.98. The summed E-state index contributed by atoms with van der Waals surface area (Å²) in [6.07, 6.45) is -4.65. The van der Waals surface area contributed by atoms with Crippen molar-refractivity contribution in [3.63, 3.8) is 0 Å². The summed E-state index contributed by atoms with van der Waals surface area (Å²) in [6, 6.07) is 6.29. The van der Waals surface area contributed by atoms with Gasteiger partial charge in [0, 0.05) is 18.6 Å². The maximum Gasteiger partial charge on any atom is 0.573 e. The minimum Gasteiger partial charge on any atom is -0.406 e. The number of hydrogen-bond donors (Lipinski definition) is 1. The van der Waals surface area contributed by atoms with E-state index in [2.05, 4.69) is 21.9 Å². The molecule has 0 heterocycles. The highest BCUT2D eigenvalue weighted by molar-refractivity contribution is 5.29. The summed E-state index contributed by atoms with van der Waals surface area (Å²) < 4.78 is 40.0. The lowest BCUT2D eigenvalue weighted by molar-refractivity contribution is -0.274. The van der Waals surface area contributed by atoms with Crippen LogP contribution in [0.3, 0.4) is 0 Å². The highest BCUT2D eigenvalue weighted by atomic mass is 19.4. The van der Waals surface area contributed by atoms with Crippen molar-refractivity contribution < 1.29 is 17.9 Å². The van der Waals surface area contributed by atoms with Gasteiger partial charge in [0.25, 0.3) is 0 Å². The average Bonchev–Trinajstić information content (AvgIpc) is 2.26. The molecule has 0 saturated heterocycles. The lowest BCUT2D eigenvalue weighted by atomic mass is 10.1. The predicted octanol–water partition coefficient (Wildman–Crippen LogP) is 3.19. The molecule has 1 aromatic carbocycles. The Morgan fingerprint density at radius 3 is 2.15 bits per heavy atom. The molecule has 0 radical (unpaired) electrons. The lowest BCUT2D eigenvalue weighted by Gasteiger charge is -2.23. The van der Waals surface area contributed by atoms with Crippen LogP contribution >= 0.6 is 0 Å². The molecule has 0 bridgehead atoms. The van der Waals surface area contributed by atoms with E-state index in [0.717, 1.165) is 12.1 Å². The van der Waals surface area contributed by atoms with Crippen LogP contribution in [-0.4, -0.2) is 37.9 Å². The van der Waals surface area contributed by atoms with Crippen molar-refractivity contribution in [3.8, 4) is 5.75 Å². The summed E-state index contributed by atoms with van der Waals surface area (Å²) >= 11 is 0. The van der Waals surface area contributed by atoms with Crippen molar-refractivity contribution in [1.82, 2.24) is 10.2 Å². The summed E-state index contributed by atoms with van der Waals surface area (Å²) in [5.41, 5.74) is 0.921. The minimum atomic E-state index is -4.65. The van der Waals surface area contributed by atoms with Gasteiger partial charge in [-0.15, -0.1) is 13.2 Å². The van der Waals surface area contributed by atoms with Crippen molar-refractivity contribution >= 4 is 0 Å². The van der Waals surface area contributed by atoms with Crippen LogP contribution in [0.15, 0.2) is 24.3 Å². The van der Waals surface area contributed by atoms with Crippen LogP contribution in [-0.2, 0) is 0 Å². The molecule has 0 aliphatic rings. The zero-order valence-electron chi connectivity index (χ0n) is 12.2. The monoisotopic (exact) mass is 290 g/mol. The van der Waals surface area contributed by atoms with Gasteiger partial charge in [0.2, 0.25) is 0 Å². The van der Waals surface area contributed by atoms with Gasteiger partial charge in [-0.05, 0) is 45.6 Å². The second kappa shape index (κ2) is 6.95. The number of hydrogen-bond acceptors (Lipinski definition) is 3. The van der Waals surface area contributed by atoms with Gasteiger partial charge in [0.1, 0.15) is 5.75 Å². The number of ether oxygens (including phenoxy) is 1. The second-order valence-corrected chi connectivity index (χ2v) is 5.17. The Hall–Kier alpha value is -1.27. The number of likely N-dealkylation sites (N-methyl/N-ethyl adjacent to an activating group) is 1. The number of halogens is 3. The Bertz CT molecular complexity index is 404.